The summed E-state index contributed by atoms with van der Waals surface area (Å²) in [4.78, 5) is 16.5. The zero-order valence-electron chi connectivity index (χ0n) is 12.6. The molecule has 3 rings (SSSR count). The van der Waals surface area contributed by atoms with Gasteiger partial charge in [-0.1, -0.05) is 25.3 Å². The van der Waals surface area contributed by atoms with E-state index in [1.807, 2.05) is 0 Å². The topological polar surface area (TPSA) is 50.7 Å². The Balaban J connectivity index is 1.82. The van der Waals surface area contributed by atoms with Crippen LogP contribution in [0, 0.1) is 11.7 Å². The lowest BCUT2D eigenvalue weighted by molar-refractivity contribution is -0.115. The molecule has 22 heavy (non-hydrogen) atoms. The van der Waals surface area contributed by atoms with Crippen LogP contribution in [0.2, 0.25) is 0 Å². The van der Waals surface area contributed by atoms with Crippen molar-refractivity contribution in [3.05, 3.63) is 35.3 Å². The predicted molar refractivity (Wildman–Crippen MR) is 83.1 cm³/mol. The molecule has 0 unspecified atom stereocenters. The van der Waals surface area contributed by atoms with E-state index in [0.717, 1.165) is 18.7 Å². The molecule has 0 saturated heterocycles. The van der Waals surface area contributed by atoms with Crippen LogP contribution in [0.1, 0.15) is 37.7 Å². The molecule has 0 spiro atoms. The van der Waals surface area contributed by atoms with Crippen molar-refractivity contribution >= 4 is 17.8 Å². The molecule has 1 heterocycles. The molecule has 4 nitrogen and oxygen atoms in total. The Hall–Kier alpha value is -2.17. The maximum Gasteiger partial charge on any atom is 0.275 e. The maximum absolute atomic E-state index is 13.7. The van der Waals surface area contributed by atoms with Crippen molar-refractivity contribution in [1.82, 2.24) is 5.32 Å². The van der Waals surface area contributed by atoms with E-state index in [9.17, 15) is 9.18 Å². The Morgan fingerprint density at radius 1 is 1.32 bits per heavy atom. The van der Waals surface area contributed by atoms with Crippen LogP contribution in [-0.4, -0.2) is 18.9 Å². The summed E-state index contributed by atoms with van der Waals surface area (Å²) in [5.74, 6) is 0.633. The highest BCUT2D eigenvalue weighted by molar-refractivity contribution is 6.15. The van der Waals surface area contributed by atoms with Crippen LogP contribution in [0.15, 0.2) is 28.9 Å². The quantitative estimate of drug-likeness (QED) is 0.871. The normalized spacial score (nSPS) is 20.9. The minimum absolute atomic E-state index is 0.185. The van der Waals surface area contributed by atoms with Gasteiger partial charge in [-0.3, -0.25) is 4.79 Å². The average Bonchev–Trinajstić information content (AvgIpc) is 2.89. The molecular weight excluding hydrogens is 283 g/mol. The highest BCUT2D eigenvalue weighted by Gasteiger charge is 2.27. The smallest absolute Gasteiger partial charge is 0.275 e. The first-order valence-corrected chi connectivity index (χ1v) is 7.62. The zero-order valence-corrected chi connectivity index (χ0v) is 12.6. The Bertz CT molecular complexity index is 646. The van der Waals surface area contributed by atoms with Crippen molar-refractivity contribution in [3.8, 4) is 5.75 Å². The van der Waals surface area contributed by atoms with Crippen LogP contribution in [0.5, 0.6) is 5.75 Å². The van der Waals surface area contributed by atoms with Gasteiger partial charge in [-0.2, -0.15) is 0 Å². The predicted octanol–water partition coefficient (Wildman–Crippen LogP) is 3.28. The second kappa shape index (κ2) is 6.30. The molecule has 2 aliphatic rings. The molecule has 1 saturated carbocycles. The third-order valence-corrected chi connectivity index (χ3v) is 4.19. The van der Waals surface area contributed by atoms with Crippen molar-refractivity contribution in [3.63, 3.8) is 0 Å². The number of methoxy groups -OCH3 is 1. The minimum atomic E-state index is -0.452. The summed E-state index contributed by atoms with van der Waals surface area (Å²) in [7, 11) is 1.42. The lowest BCUT2D eigenvalue weighted by Crippen LogP contribution is -2.31. The number of amidine groups is 1. The van der Waals surface area contributed by atoms with Gasteiger partial charge in [-0.05, 0) is 36.6 Å². The van der Waals surface area contributed by atoms with Gasteiger partial charge in [0.2, 0.25) is 0 Å². The van der Waals surface area contributed by atoms with Crippen LogP contribution in [-0.2, 0) is 4.79 Å². The lowest BCUT2D eigenvalue weighted by Gasteiger charge is -2.20. The monoisotopic (exact) mass is 302 g/mol. The first kappa shape index (κ1) is 14.8. The first-order chi connectivity index (χ1) is 10.7. The van der Waals surface area contributed by atoms with Crippen molar-refractivity contribution in [2.45, 2.75) is 32.1 Å². The molecule has 1 aromatic carbocycles. The number of halogens is 1. The van der Waals surface area contributed by atoms with E-state index >= 15 is 0 Å². The number of hydrogen-bond acceptors (Lipinski definition) is 3. The van der Waals surface area contributed by atoms with Crippen LogP contribution in [0.25, 0.3) is 6.08 Å². The maximum atomic E-state index is 13.7. The molecule has 1 aromatic rings. The number of nitrogens with one attached hydrogen (secondary N) is 1. The molecule has 0 aromatic heterocycles. The van der Waals surface area contributed by atoms with Gasteiger partial charge in [0.05, 0.1) is 7.11 Å². The number of nitrogens with zero attached hydrogens (tertiary/aromatic N) is 1. The molecule has 1 aliphatic heterocycles. The minimum Gasteiger partial charge on any atom is -0.494 e. The third-order valence-electron chi connectivity index (χ3n) is 4.19. The van der Waals surface area contributed by atoms with Crippen LogP contribution in [0.4, 0.5) is 4.39 Å². The van der Waals surface area contributed by atoms with E-state index in [1.54, 1.807) is 18.2 Å². The molecule has 1 aliphatic carbocycles. The SMILES string of the molecule is COc1ccc(/C=C2/N=C(C3CCCCC3)NC2=O)cc1F. The van der Waals surface area contributed by atoms with Gasteiger partial charge in [0.1, 0.15) is 11.5 Å². The van der Waals surface area contributed by atoms with Crippen molar-refractivity contribution < 1.29 is 13.9 Å². The van der Waals surface area contributed by atoms with Gasteiger partial charge in [0.15, 0.2) is 11.6 Å². The number of rotatable bonds is 3. The summed E-state index contributed by atoms with van der Waals surface area (Å²) in [6.45, 7) is 0. The molecule has 1 N–H and O–H groups in total. The van der Waals surface area contributed by atoms with E-state index in [4.69, 9.17) is 4.74 Å². The summed E-state index contributed by atoms with van der Waals surface area (Å²) >= 11 is 0. The fourth-order valence-corrected chi connectivity index (χ4v) is 2.99. The second-order valence-electron chi connectivity index (χ2n) is 5.71. The zero-order chi connectivity index (χ0) is 15.5. The van der Waals surface area contributed by atoms with Gasteiger partial charge in [-0.15, -0.1) is 0 Å². The average molecular weight is 302 g/mol. The molecule has 0 bridgehead atoms. The summed E-state index contributed by atoms with van der Waals surface area (Å²) in [6.07, 6.45) is 7.37. The largest absolute Gasteiger partial charge is 0.494 e. The summed E-state index contributed by atoms with van der Waals surface area (Å²) in [5, 5.41) is 2.86. The van der Waals surface area contributed by atoms with Gasteiger partial charge in [0, 0.05) is 5.92 Å². The highest BCUT2D eigenvalue weighted by Crippen LogP contribution is 2.27. The van der Waals surface area contributed by atoms with E-state index in [-0.39, 0.29) is 11.7 Å². The van der Waals surface area contributed by atoms with E-state index in [1.165, 1.54) is 32.4 Å². The molecule has 116 valence electrons. The van der Waals surface area contributed by atoms with Crippen molar-refractivity contribution in [2.24, 2.45) is 10.9 Å². The lowest BCUT2D eigenvalue weighted by atomic mass is 9.88. The Morgan fingerprint density at radius 2 is 2.09 bits per heavy atom. The number of carbonyl (C=O) groups excluding carboxylic acids is 1. The van der Waals surface area contributed by atoms with Gasteiger partial charge in [-0.25, -0.2) is 9.38 Å². The number of benzene rings is 1. The summed E-state index contributed by atoms with van der Waals surface area (Å²) in [6, 6.07) is 4.59. The summed E-state index contributed by atoms with van der Waals surface area (Å²) in [5.41, 5.74) is 0.933. The number of ether oxygens (including phenoxy) is 1. The fourth-order valence-electron chi connectivity index (χ4n) is 2.99. The molecular formula is C17H19FN2O2. The number of amides is 1. The second-order valence-corrected chi connectivity index (χ2v) is 5.71. The Kier molecular flexibility index (Phi) is 4.22. The van der Waals surface area contributed by atoms with E-state index < -0.39 is 5.82 Å². The van der Waals surface area contributed by atoms with Crippen molar-refractivity contribution in [1.29, 1.82) is 0 Å². The Labute approximate surface area is 129 Å². The van der Waals surface area contributed by atoms with Gasteiger partial charge < -0.3 is 10.1 Å². The fraction of sp³-hybridized carbons (Fsp3) is 0.412. The third kappa shape index (κ3) is 3.03. The van der Waals surface area contributed by atoms with Crippen LogP contribution >= 0.6 is 0 Å². The van der Waals surface area contributed by atoms with Crippen molar-refractivity contribution in [2.75, 3.05) is 7.11 Å². The van der Waals surface area contributed by atoms with Crippen LogP contribution in [0.3, 0.4) is 0 Å². The number of aliphatic imine (C=N–C) groups is 1. The number of hydrogen-bond donors (Lipinski definition) is 1. The van der Waals surface area contributed by atoms with Crippen LogP contribution < -0.4 is 10.1 Å². The highest BCUT2D eigenvalue weighted by atomic mass is 19.1. The molecule has 0 atom stereocenters. The molecule has 1 fully saturated rings. The molecule has 1 amide bonds. The Morgan fingerprint density at radius 3 is 2.77 bits per heavy atom. The number of carbonyl (C=O) groups is 1. The molecule has 5 heteroatoms. The molecule has 0 radical (unpaired) electrons. The van der Waals surface area contributed by atoms with E-state index in [0.29, 0.717) is 17.2 Å². The first-order valence-electron chi connectivity index (χ1n) is 7.62. The van der Waals surface area contributed by atoms with E-state index in [2.05, 4.69) is 10.3 Å². The van der Waals surface area contributed by atoms with Gasteiger partial charge in [0.25, 0.3) is 5.91 Å². The van der Waals surface area contributed by atoms with Gasteiger partial charge >= 0.3 is 0 Å². The standard InChI is InChI=1S/C17H19FN2O2/c1-22-15-8-7-11(9-13(15)18)10-14-17(21)20-16(19-14)12-5-3-2-4-6-12/h7-10,12H,2-6H2,1H3,(H,19,20,21)/b14-10+. The summed E-state index contributed by atoms with van der Waals surface area (Å²) < 4.78 is 18.6.